The second-order valence-electron chi connectivity index (χ2n) is 7.53. The van der Waals surface area contributed by atoms with Crippen LogP contribution < -0.4 is 5.76 Å². The Kier molecular flexibility index (Phi) is 5.55. The number of aromatic nitrogens is 2. The SMILES string of the molecule is O=C(c1cccc(S(=O)(=O)N2CCCCC2)c1)N1CCC[C@H](c2n[nH]c(=O)o2)C1. The number of carbonyl (C=O) groups excluding carboxylic acids is 1. The molecule has 2 aromatic rings. The molecule has 2 aliphatic heterocycles. The van der Waals surface area contributed by atoms with Gasteiger partial charge in [0.2, 0.25) is 15.9 Å². The van der Waals surface area contributed by atoms with E-state index in [1.54, 1.807) is 17.0 Å². The van der Waals surface area contributed by atoms with Gasteiger partial charge in [0.05, 0.1) is 10.8 Å². The van der Waals surface area contributed by atoms with Crippen molar-refractivity contribution in [3.8, 4) is 0 Å². The van der Waals surface area contributed by atoms with Crippen LogP contribution in [0.15, 0.2) is 38.4 Å². The van der Waals surface area contributed by atoms with E-state index in [2.05, 4.69) is 10.2 Å². The monoisotopic (exact) mass is 420 g/mol. The van der Waals surface area contributed by atoms with Gasteiger partial charge in [-0.2, -0.15) is 4.31 Å². The van der Waals surface area contributed by atoms with Crippen molar-refractivity contribution < 1.29 is 17.6 Å². The molecular weight excluding hydrogens is 396 g/mol. The molecule has 0 spiro atoms. The summed E-state index contributed by atoms with van der Waals surface area (Å²) in [6, 6.07) is 6.25. The fourth-order valence-corrected chi connectivity index (χ4v) is 5.57. The van der Waals surface area contributed by atoms with Crippen LogP contribution in [-0.2, 0) is 10.0 Å². The van der Waals surface area contributed by atoms with Gasteiger partial charge in [0.1, 0.15) is 0 Å². The normalized spacial score (nSPS) is 21.2. The first-order valence-electron chi connectivity index (χ1n) is 9.90. The number of hydrogen-bond acceptors (Lipinski definition) is 6. The summed E-state index contributed by atoms with van der Waals surface area (Å²) in [7, 11) is -3.60. The minimum absolute atomic E-state index is 0.150. The second kappa shape index (κ2) is 8.11. The lowest BCUT2D eigenvalue weighted by atomic mass is 9.97. The van der Waals surface area contributed by atoms with Crippen molar-refractivity contribution in [2.24, 2.45) is 0 Å². The summed E-state index contributed by atoms with van der Waals surface area (Å²) in [6.07, 6.45) is 4.27. The van der Waals surface area contributed by atoms with Gasteiger partial charge in [-0.05, 0) is 43.9 Å². The molecule has 0 radical (unpaired) electrons. The Bertz CT molecular complexity index is 1040. The van der Waals surface area contributed by atoms with E-state index in [1.165, 1.54) is 16.4 Å². The van der Waals surface area contributed by atoms with Crippen molar-refractivity contribution in [1.29, 1.82) is 0 Å². The molecule has 1 atom stereocenters. The van der Waals surface area contributed by atoms with E-state index in [0.717, 1.165) is 32.1 Å². The van der Waals surface area contributed by atoms with Crippen LogP contribution >= 0.6 is 0 Å². The third-order valence-corrected chi connectivity index (χ3v) is 7.44. The van der Waals surface area contributed by atoms with Gasteiger partial charge >= 0.3 is 5.76 Å². The highest BCUT2D eigenvalue weighted by atomic mass is 32.2. The molecule has 0 saturated carbocycles. The predicted molar refractivity (Wildman–Crippen MR) is 104 cm³/mol. The Balaban J connectivity index is 1.53. The lowest BCUT2D eigenvalue weighted by Crippen LogP contribution is -2.39. The van der Waals surface area contributed by atoms with Crippen LogP contribution in [0.5, 0.6) is 0 Å². The number of piperidine rings is 2. The van der Waals surface area contributed by atoms with E-state index in [-0.39, 0.29) is 16.7 Å². The summed E-state index contributed by atoms with van der Waals surface area (Å²) < 4.78 is 32.4. The van der Waals surface area contributed by atoms with Crippen molar-refractivity contribution in [3.05, 3.63) is 46.3 Å². The minimum atomic E-state index is -3.60. The molecule has 9 nitrogen and oxygen atoms in total. The minimum Gasteiger partial charge on any atom is -0.392 e. The fourth-order valence-electron chi connectivity index (χ4n) is 4.01. The largest absolute Gasteiger partial charge is 0.434 e. The van der Waals surface area contributed by atoms with Gasteiger partial charge in [-0.1, -0.05) is 12.5 Å². The van der Waals surface area contributed by atoms with Crippen LogP contribution in [0.1, 0.15) is 54.3 Å². The summed E-state index contributed by atoms with van der Waals surface area (Å²) in [5.41, 5.74) is 0.340. The number of amides is 1. The van der Waals surface area contributed by atoms with Gasteiger partial charge in [-0.25, -0.2) is 18.3 Å². The number of aromatic amines is 1. The van der Waals surface area contributed by atoms with Gasteiger partial charge in [0.15, 0.2) is 0 Å². The summed E-state index contributed by atoms with van der Waals surface area (Å²) in [4.78, 5) is 26.1. The summed E-state index contributed by atoms with van der Waals surface area (Å²) >= 11 is 0. The van der Waals surface area contributed by atoms with E-state index in [4.69, 9.17) is 4.42 Å². The van der Waals surface area contributed by atoms with Gasteiger partial charge in [0.25, 0.3) is 5.91 Å². The smallest absolute Gasteiger partial charge is 0.392 e. The second-order valence-corrected chi connectivity index (χ2v) is 9.47. The number of hydrogen-bond donors (Lipinski definition) is 1. The summed E-state index contributed by atoms with van der Waals surface area (Å²) in [5, 5.41) is 6.13. The number of carbonyl (C=O) groups is 1. The lowest BCUT2D eigenvalue weighted by Gasteiger charge is -2.31. The number of nitrogens with one attached hydrogen (secondary N) is 1. The number of likely N-dealkylation sites (tertiary alicyclic amines) is 1. The molecule has 0 bridgehead atoms. The Labute approximate surface area is 168 Å². The zero-order chi connectivity index (χ0) is 20.4. The third kappa shape index (κ3) is 4.13. The molecule has 156 valence electrons. The Morgan fingerprint density at radius 1 is 1.14 bits per heavy atom. The van der Waals surface area contributed by atoms with E-state index in [1.807, 2.05) is 0 Å². The van der Waals surface area contributed by atoms with Crippen LogP contribution in [0.2, 0.25) is 0 Å². The number of benzene rings is 1. The molecule has 29 heavy (non-hydrogen) atoms. The summed E-state index contributed by atoms with van der Waals surface area (Å²) in [6.45, 7) is 1.97. The molecule has 0 aliphatic carbocycles. The van der Waals surface area contributed by atoms with Gasteiger partial charge < -0.3 is 9.32 Å². The van der Waals surface area contributed by atoms with Crippen LogP contribution in [0.3, 0.4) is 0 Å². The quantitative estimate of drug-likeness (QED) is 0.802. The van der Waals surface area contributed by atoms with E-state index < -0.39 is 15.8 Å². The van der Waals surface area contributed by atoms with Gasteiger partial charge in [0, 0.05) is 31.7 Å². The fraction of sp³-hybridized carbons (Fsp3) is 0.526. The molecule has 1 aromatic carbocycles. The topological polar surface area (TPSA) is 117 Å². The molecule has 4 rings (SSSR count). The highest BCUT2D eigenvalue weighted by Crippen LogP contribution is 2.27. The zero-order valence-corrected chi connectivity index (χ0v) is 16.9. The van der Waals surface area contributed by atoms with Crippen molar-refractivity contribution in [2.75, 3.05) is 26.2 Å². The third-order valence-electron chi connectivity index (χ3n) is 5.55. The van der Waals surface area contributed by atoms with Crippen molar-refractivity contribution in [1.82, 2.24) is 19.4 Å². The molecule has 1 aromatic heterocycles. The Morgan fingerprint density at radius 3 is 2.66 bits per heavy atom. The average molecular weight is 420 g/mol. The van der Waals surface area contributed by atoms with Crippen LogP contribution in [0.4, 0.5) is 0 Å². The number of nitrogens with zero attached hydrogens (tertiary/aromatic N) is 3. The first-order valence-corrected chi connectivity index (χ1v) is 11.3. The van der Waals surface area contributed by atoms with Crippen LogP contribution in [-0.4, -0.2) is 59.9 Å². The molecule has 2 aliphatic rings. The van der Waals surface area contributed by atoms with E-state index >= 15 is 0 Å². The van der Waals surface area contributed by atoms with Crippen LogP contribution in [0.25, 0.3) is 0 Å². The molecule has 2 saturated heterocycles. The first kappa shape index (κ1) is 19.8. The molecular formula is C19H24N4O5S. The number of sulfonamides is 1. The maximum Gasteiger partial charge on any atom is 0.434 e. The molecule has 10 heteroatoms. The molecule has 3 heterocycles. The first-order chi connectivity index (χ1) is 13.9. The molecule has 2 fully saturated rings. The van der Waals surface area contributed by atoms with Gasteiger partial charge in [-0.3, -0.25) is 4.79 Å². The zero-order valence-electron chi connectivity index (χ0n) is 16.0. The highest BCUT2D eigenvalue weighted by molar-refractivity contribution is 7.89. The van der Waals surface area contributed by atoms with Crippen molar-refractivity contribution in [2.45, 2.75) is 42.9 Å². The predicted octanol–water partition coefficient (Wildman–Crippen LogP) is 1.56. The maximum atomic E-state index is 13.0. The number of rotatable bonds is 4. The van der Waals surface area contributed by atoms with Crippen molar-refractivity contribution >= 4 is 15.9 Å². The maximum absolute atomic E-state index is 13.0. The lowest BCUT2D eigenvalue weighted by molar-refractivity contribution is 0.0697. The standard InChI is InChI=1S/C19H24N4O5S/c24-18(22-9-5-7-15(13-22)17-20-21-19(25)28-17)14-6-4-8-16(12-14)29(26,27)23-10-2-1-3-11-23/h4,6,8,12,15H,1-3,5,7,9-11,13H2,(H,21,25)/t15-/m0/s1. The van der Waals surface area contributed by atoms with E-state index in [9.17, 15) is 18.0 Å². The average Bonchev–Trinajstić information content (AvgIpc) is 3.20. The Hall–Kier alpha value is -2.46. The molecule has 0 unspecified atom stereocenters. The van der Waals surface area contributed by atoms with E-state index in [0.29, 0.717) is 37.6 Å². The number of H-pyrrole nitrogens is 1. The molecule has 1 N–H and O–H groups in total. The van der Waals surface area contributed by atoms with Crippen molar-refractivity contribution in [3.63, 3.8) is 0 Å². The summed E-state index contributed by atoms with van der Waals surface area (Å²) in [5.74, 6) is -0.705. The Morgan fingerprint density at radius 2 is 1.93 bits per heavy atom. The van der Waals surface area contributed by atoms with Gasteiger partial charge in [-0.15, -0.1) is 5.10 Å². The van der Waals surface area contributed by atoms with Crippen LogP contribution in [0, 0.1) is 0 Å². The molecule has 1 amide bonds. The highest BCUT2D eigenvalue weighted by Gasteiger charge is 2.30.